The van der Waals surface area contributed by atoms with Gasteiger partial charge in [0.15, 0.2) is 0 Å². The summed E-state index contributed by atoms with van der Waals surface area (Å²) in [5.41, 5.74) is 17.6. The molecule has 0 atom stereocenters. The summed E-state index contributed by atoms with van der Waals surface area (Å²) in [4.78, 5) is 0. The predicted octanol–water partition coefficient (Wildman–Crippen LogP) is 18.6. The molecule has 9 aromatic carbocycles. The van der Waals surface area contributed by atoms with E-state index in [0.717, 1.165) is 62.9 Å². The molecule has 0 fully saturated rings. The molecule has 0 nitrogen and oxygen atoms in total. The molecule has 0 amide bonds. The molecule has 0 aromatic heterocycles. The Balaban J connectivity index is 0.000000151. The SMILES string of the molecule is C=CCc1ccc(-c2ccc(-c3ccc(C)cc3)cc2F)cc1.CC=CCc1ccc(-c2ccc(-c3ccc(C)cc3)cc2F)cc1.Cc1ccc(-c2ccc(-c3ccc(C)cc3)c(F)c2)cc1. The van der Waals surface area contributed by atoms with Crippen LogP contribution in [0.3, 0.4) is 0 Å². The maximum absolute atomic E-state index is 14.6. The monoisotopic (exact) mass is 894 g/mol. The molecule has 9 rings (SSSR count). The molecule has 0 radical (unpaired) electrons. The van der Waals surface area contributed by atoms with Gasteiger partial charge in [0, 0.05) is 16.7 Å². The summed E-state index contributed by atoms with van der Waals surface area (Å²) in [6.45, 7) is 13.9. The summed E-state index contributed by atoms with van der Waals surface area (Å²) in [5.74, 6) is -0.564. The first-order chi connectivity index (χ1) is 33.0. The molecule has 0 spiro atoms. The van der Waals surface area contributed by atoms with E-state index in [-0.39, 0.29) is 17.5 Å². The van der Waals surface area contributed by atoms with Crippen molar-refractivity contribution in [3.8, 4) is 66.8 Å². The lowest BCUT2D eigenvalue weighted by Gasteiger charge is -2.08. The highest BCUT2D eigenvalue weighted by molar-refractivity contribution is 5.74. The van der Waals surface area contributed by atoms with Crippen LogP contribution in [0.4, 0.5) is 13.2 Å². The van der Waals surface area contributed by atoms with Gasteiger partial charge < -0.3 is 0 Å². The maximum atomic E-state index is 14.6. The van der Waals surface area contributed by atoms with E-state index in [0.29, 0.717) is 16.7 Å². The summed E-state index contributed by atoms with van der Waals surface area (Å²) >= 11 is 0. The van der Waals surface area contributed by atoms with Crippen molar-refractivity contribution in [2.24, 2.45) is 0 Å². The zero-order valence-electron chi connectivity index (χ0n) is 39.5. The van der Waals surface area contributed by atoms with Gasteiger partial charge in [0.25, 0.3) is 0 Å². The standard InChI is InChI=1S/C23H21F.C22H19F.C20H17F/c1-3-4-5-18-8-12-20(13-9-18)22-15-14-21(16-23(22)24)19-10-6-17(2)7-11-19;1-3-4-17-7-11-19(12-8-17)21-14-13-20(15-22(21)23)18-9-5-16(2)6-10-18;1-14-3-7-16(8-4-14)18-11-12-19(20(21)13-18)17-9-5-15(2)6-10-17/h3-4,6-16H,5H2,1-2H3;3,5-15H,1,4H2,2H3;3-13H,1-2H3. The van der Waals surface area contributed by atoms with E-state index < -0.39 is 0 Å². The van der Waals surface area contributed by atoms with Gasteiger partial charge in [0.05, 0.1) is 0 Å². The highest BCUT2D eigenvalue weighted by atomic mass is 19.1. The second-order valence-corrected chi connectivity index (χ2v) is 17.2. The van der Waals surface area contributed by atoms with Gasteiger partial charge >= 0.3 is 0 Å². The summed E-state index contributed by atoms with van der Waals surface area (Å²) in [5, 5.41) is 0. The van der Waals surface area contributed by atoms with Crippen molar-refractivity contribution in [3.05, 3.63) is 276 Å². The van der Waals surface area contributed by atoms with E-state index in [4.69, 9.17) is 0 Å². The van der Waals surface area contributed by atoms with Crippen molar-refractivity contribution < 1.29 is 13.2 Å². The van der Waals surface area contributed by atoms with Crippen LogP contribution in [0.15, 0.2) is 225 Å². The van der Waals surface area contributed by atoms with Crippen LogP contribution in [-0.2, 0) is 12.8 Å². The Morgan fingerprint density at radius 2 is 0.574 bits per heavy atom. The van der Waals surface area contributed by atoms with Gasteiger partial charge in [-0.25, -0.2) is 13.2 Å². The van der Waals surface area contributed by atoms with Gasteiger partial charge in [0.2, 0.25) is 0 Å². The molecule has 0 saturated carbocycles. The first-order valence-electron chi connectivity index (χ1n) is 23.1. The Bertz CT molecular complexity index is 3090. The third-order valence-corrected chi connectivity index (χ3v) is 11.9. The van der Waals surface area contributed by atoms with Gasteiger partial charge in [-0.3, -0.25) is 0 Å². The normalized spacial score (nSPS) is 10.8. The van der Waals surface area contributed by atoms with Crippen molar-refractivity contribution in [2.45, 2.75) is 47.5 Å². The van der Waals surface area contributed by atoms with Crippen LogP contribution in [0.5, 0.6) is 0 Å². The van der Waals surface area contributed by atoms with Crippen LogP contribution >= 0.6 is 0 Å². The summed E-state index contributed by atoms with van der Waals surface area (Å²) in [6.07, 6.45) is 7.76. The molecule has 0 bridgehead atoms. The van der Waals surface area contributed by atoms with Gasteiger partial charge in [-0.1, -0.05) is 222 Å². The maximum Gasteiger partial charge on any atom is 0.131 e. The average Bonchev–Trinajstić information content (AvgIpc) is 3.35. The second-order valence-electron chi connectivity index (χ2n) is 17.2. The minimum Gasteiger partial charge on any atom is -0.206 e. The molecule has 0 saturated heterocycles. The molecular formula is C65H57F3. The molecule has 0 aliphatic heterocycles. The Kier molecular flexibility index (Phi) is 16.4. The van der Waals surface area contributed by atoms with E-state index in [9.17, 15) is 13.2 Å². The molecule has 0 heterocycles. The highest BCUT2D eigenvalue weighted by Gasteiger charge is 2.11. The molecule has 3 heteroatoms. The molecule has 0 aliphatic carbocycles. The van der Waals surface area contributed by atoms with Crippen LogP contribution < -0.4 is 0 Å². The van der Waals surface area contributed by atoms with Gasteiger partial charge in [-0.05, 0) is 127 Å². The second kappa shape index (κ2) is 23.1. The van der Waals surface area contributed by atoms with E-state index in [1.807, 2.05) is 217 Å². The molecule has 0 N–H and O–H groups in total. The Morgan fingerprint density at radius 3 is 0.838 bits per heavy atom. The molecule has 68 heavy (non-hydrogen) atoms. The predicted molar refractivity (Wildman–Crippen MR) is 283 cm³/mol. The fraction of sp³-hybridized carbons (Fsp3) is 0.108. The molecule has 0 aliphatic rings. The average molecular weight is 895 g/mol. The minimum atomic E-state index is -0.195. The highest BCUT2D eigenvalue weighted by Crippen LogP contribution is 2.32. The quantitative estimate of drug-likeness (QED) is 0.120. The zero-order valence-corrected chi connectivity index (χ0v) is 39.5. The molecule has 338 valence electrons. The van der Waals surface area contributed by atoms with Gasteiger partial charge in [-0.2, -0.15) is 0 Å². The van der Waals surface area contributed by atoms with Crippen molar-refractivity contribution in [2.75, 3.05) is 0 Å². The Morgan fingerprint density at radius 1 is 0.324 bits per heavy atom. The lowest BCUT2D eigenvalue weighted by molar-refractivity contribution is 0.631. The van der Waals surface area contributed by atoms with Gasteiger partial charge in [-0.15, -0.1) is 6.58 Å². The van der Waals surface area contributed by atoms with Crippen LogP contribution in [-0.4, -0.2) is 0 Å². The van der Waals surface area contributed by atoms with E-state index in [1.54, 1.807) is 18.2 Å². The number of halogens is 3. The van der Waals surface area contributed by atoms with Gasteiger partial charge in [0.1, 0.15) is 17.5 Å². The lowest BCUT2D eigenvalue weighted by Crippen LogP contribution is -1.88. The fourth-order valence-electron chi connectivity index (χ4n) is 7.82. The largest absolute Gasteiger partial charge is 0.206 e. The number of allylic oxidation sites excluding steroid dienone is 3. The van der Waals surface area contributed by atoms with Crippen LogP contribution in [0.25, 0.3) is 66.8 Å². The molecule has 0 unspecified atom stereocenters. The Labute approximate surface area is 401 Å². The van der Waals surface area contributed by atoms with E-state index >= 15 is 0 Å². The number of hydrogen-bond donors (Lipinski definition) is 0. The number of benzene rings is 9. The minimum absolute atomic E-state index is 0.183. The third kappa shape index (κ3) is 12.8. The zero-order chi connectivity index (χ0) is 48.0. The topological polar surface area (TPSA) is 0 Å². The number of aryl methyl sites for hydroxylation is 4. The number of rotatable bonds is 10. The van der Waals surface area contributed by atoms with Crippen LogP contribution in [0.1, 0.15) is 40.3 Å². The van der Waals surface area contributed by atoms with Crippen LogP contribution in [0, 0.1) is 45.1 Å². The van der Waals surface area contributed by atoms with Crippen molar-refractivity contribution in [1.82, 2.24) is 0 Å². The number of hydrogen-bond acceptors (Lipinski definition) is 0. The molecule has 9 aromatic rings. The van der Waals surface area contributed by atoms with Crippen molar-refractivity contribution >= 4 is 0 Å². The van der Waals surface area contributed by atoms with E-state index in [1.165, 1.54) is 33.4 Å². The fourth-order valence-corrected chi connectivity index (χ4v) is 7.82. The van der Waals surface area contributed by atoms with Crippen molar-refractivity contribution in [3.63, 3.8) is 0 Å². The van der Waals surface area contributed by atoms with Crippen LogP contribution in [0.2, 0.25) is 0 Å². The first-order valence-corrected chi connectivity index (χ1v) is 23.1. The Hall–Kier alpha value is -7.75. The van der Waals surface area contributed by atoms with Crippen molar-refractivity contribution in [1.29, 1.82) is 0 Å². The summed E-state index contributed by atoms with van der Waals surface area (Å²) in [7, 11) is 0. The summed E-state index contributed by atoms with van der Waals surface area (Å²) in [6, 6.07) is 64.7. The smallest absolute Gasteiger partial charge is 0.131 e. The summed E-state index contributed by atoms with van der Waals surface area (Å²) < 4.78 is 43.5. The first kappa shape index (κ1) is 48.2. The van der Waals surface area contributed by atoms with E-state index in [2.05, 4.69) is 24.8 Å². The molecular weight excluding hydrogens is 838 g/mol. The lowest BCUT2D eigenvalue weighted by atomic mass is 9.98. The third-order valence-electron chi connectivity index (χ3n) is 11.9.